The molecule has 0 radical (unpaired) electrons. The van der Waals surface area contributed by atoms with Gasteiger partial charge in [-0.05, 0) is 45.4 Å². The van der Waals surface area contributed by atoms with Crippen molar-refractivity contribution in [2.24, 2.45) is 17.3 Å². The van der Waals surface area contributed by atoms with E-state index in [0.717, 1.165) is 12.8 Å². The summed E-state index contributed by atoms with van der Waals surface area (Å²) < 4.78 is 5.76. The Bertz CT molecular complexity index is 300. The minimum absolute atomic E-state index is 0. The van der Waals surface area contributed by atoms with Crippen molar-refractivity contribution in [1.82, 2.24) is 0 Å². The summed E-state index contributed by atoms with van der Waals surface area (Å²) in [6.45, 7) is 19.6. The van der Waals surface area contributed by atoms with Crippen LogP contribution in [0.25, 0.3) is 0 Å². The first-order valence-corrected chi connectivity index (χ1v) is 7.08. The summed E-state index contributed by atoms with van der Waals surface area (Å²) in [4.78, 5) is 0. The van der Waals surface area contributed by atoms with Crippen molar-refractivity contribution in [2.75, 3.05) is 6.61 Å². The fourth-order valence-electron chi connectivity index (χ4n) is 2.52. The molecular weight excluding hydrogens is 474 g/mol. The van der Waals surface area contributed by atoms with Gasteiger partial charge in [0.2, 0.25) is 0 Å². The summed E-state index contributed by atoms with van der Waals surface area (Å²) in [6, 6.07) is 0. The van der Waals surface area contributed by atoms with Gasteiger partial charge in [-0.2, -0.15) is 0 Å². The Balaban J connectivity index is -0.00000144. The third kappa shape index (κ3) is 12.3. The largest absolute Gasteiger partial charge is 0.412 e. The van der Waals surface area contributed by atoms with Gasteiger partial charge in [0, 0.05) is 36.5 Å². The quantitative estimate of drug-likeness (QED) is 0.397. The molecule has 0 fully saturated rings. The standard InChI is InChI=1S/C17H31O.H2O.U/c1-9-18-17(8,13-15(4)5)11-10-16(6,7)12-14(2)3;;/h14-15H,1,9,12-13H2,2-8H3;1H2;/q-1;;. The first-order valence-electron chi connectivity index (χ1n) is 7.08. The van der Waals surface area contributed by atoms with Gasteiger partial charge in [0.1, 0.15) is 5.60 Å². The summed E-state index contributed by atoms with van der Waals surface area (Å²) in [6.07, 6.45) is 2.06. The van der Waals surface area contributed by atoms with Crippen LogP contribution in [0.5, 0.6) is 0 Å². The molecule has 0 heterocycles. The SMILES string of the molecule is O.[CH2-]COC(C)(C#CC(C)(C)CC(C)C)CC(C)C.[U]. The first-order chi connectivity index (χ1) is 8.10. The van der Waals surface area contributed by atoms with Gasteiger partial charge in [0.25, 0.3) is 0 Å². The van der Waals surface area contributed by atoms with Gasteiger partial charge in [-0.15, -0.1) is 0 Å². The van der Waals surface area contributed by atoms with Gasteiger partial charge in [-0.3, -0.25) is 0 Å². The van der Waals surface area contributed by atoms with Gasteiger partial charge in [0.15, 0.2) is 0 Å². The predicted molar refractivity (Wildman–Crippen MR) is 83.8 cm³/mol. The molecule has 0 aromatic carbocycles. The second-order valence-electron chi connectivity index (χ2n) is 6.91. The van der Waals surface area contributed by atoms with Gasteiger partial charge >= 0.3 is 0 Å². The van der Waals surface area contributed by atoms with Crippen LogP contribution >= 0.6 is 0 Å². The van der Waals surface area contributed by atoms with E-state index < -0.39 is 0 Å². The molecule has 0 aliphatic rings. The van der Waals surface area contributed by atoms with Crippen LogP contribution in [0.15, 0.2) is 0 Å². The van der Waals surface area contributed by atoms with E-state index in [0.29, 0.717) is 18.4 Å². The summed E-state index contributed by atoms with van der Waals surface area (Å²) in [5, 5.41) is 0. The van der Waals surface area contributed by atoms with E-state index in [4.69, 9.17) is 4.74 Å². The Kier molecular flexibility index (Phi) is 14.2. The maximum atomic E-state index is 5.76. The number of ether oxygens (including phenoxy) is 1. The molecule has 20 heavy (non-hydrogen) atoms. The average Bonchev–Trinajstić information content (AvgIpc) is 2.12. The normalized spacial score (nSPS) is 13.9. The first kappa shape index (κ1) is 25.5. The molecule has 0 saturated heterocycles. The molecule has 1 unspecified atom stereocenters. The van der Waals surface area contributed by atoms with E-state index >= 15 is 0 Å². The summed E-state index contributed by atoms with van der Waals surface area (Å²) >= 11 is 0. The number of hydrogen-bond donors (Lipinski definition) is 0. The van der Waals surface area contributed by atoms with Crippen molar-refractivity contribution in [3.05, 3.63) is 6.92 Å². The minimum atomic E-state index is -0.357. The molecule has 3 heteroatoms. The van der Waals surface area contributed by atoms with E-state index in [1.165, 1.54) is 0 Å². The molecule has 2 N–H and O–H groups in total. The van der Waals surface area contributed by atoms with Crippen LogP contribution in [0.3, 0.4) is 0 Å². The predicted octanol–water partition coefficient (Wildman–Crippen LogP) is 3.89. The van der Waals surface area contributed by atoms with E-state index in [2.05, 4.69) is 67.2 Å². The molecule has 0 saturated carbocycles. The average molecular weight is 507 g/mol. The van der Waals surface area contributed by atoms with Crippen molar-refractivity contribution < 1.29 is 41.3 Å². The van der Waals surface area contributed by atoms with Crippen molar-refractivity contribution >= 4 is 0 Å². The summed E-state index contributed by atoms with van der Waals surface area (Å²) in [7, 11) is 0. The topological polar surface area (TPSA) is 40.7 Å². The molecule has 0 aromatic heterocycles. The molecule has 0 aliphatic carbocycles. The Morgan fingerprint density at radius 2 is 1.40 bits per heavy atom. The zero-order valence-electron chi connectivity index (χ0n) is 14.4. The maximum Gasteiger partial charge on any atom is 0.122 e. The minimum Gasteiger partial charge on any atom is -0.412 e. The van der Waals surface area contributed by atoms with E-state index in [9.17, 15) is 0 Å². The van der Waals surface area contributed by atoms with Gasteiger partial charge < -0.3 is 17.1 Å². The van der Waals surface area contributed by atoms with Gasteiger partial charge in [0.05, 0.1) is 0 Å². The van der Waals surface area contributed by atoms with Crippen LogP contribution in [0.4, 0.5) is 0 Å². The molecule has 0 spiro atoms. The van der Waals surface area contributed by atoms with Gasteiger partial charge in [-0.25, -0.2) is 0 Å². The maximum absolute atomic E-state index is 5.76. The molecule has 2 nitrogen and oxygen atoms in total. The van der Waals surface area contributed by atoms with Crippen molar-refractivity contribution in [2.45, 2.75) is 66.9 Å². The summed E-state index contributed by atoms with van der Waals surface area (Å²) in [5.74, 6) is 8.02. The fraction of sp³-hybridized carbons (Fsp3) is 0.824. The molecule has 0 aromatic rings. The summed E-state index contributed by atoms with van der Waals surface area (Å²) in [5.41, 5.74) is -0.304. The Labute approximate surface area is 150 Å². The molecule has 0 aliphatic heterocycles. The van der Waals surface area contributed by atoms with Crippen molar-refractivity contribution in [1.29, 1.82) is 0 Å². The second-order valence-corrected chi connectivity index (χ2v) is 6.91. The molecule has 0 rings (SSSR count). The van der Waals surface area contributed by atoms with Crippen LogP contribution in [0, 0.1) is 67.1 Å². The molecule has 1 atom stereocenters. The van der Waals surface area contributed by atoms with E-state index in [1.54, 1.807) is 0 Å². The molecule has 0 amide bonds. The van der Waals surface area contributed by atoms with Crippen LogP contribution < -0.4 is 0 Å². The third-order valence-corrected chi connectivity index (χ3v) is 2.80. The zero-order chi connectivity index (χ0) is 14.4. The Hall–Kier alpha value is 0.532. The van der Waals surface area contributed by atoms with Crippen molar-refractivity contribution in [3.63, 3.8) is 0 Å². The van der Waals surface area contributed by atoms with Crippen LogP contribution in [-0.4, -0.2) is 17.7 Å². The third-order valence-electron chi connectivity index (χ3n) is 2.80. The van der Waals surface area contributed by atoms with Crippen LogP contribution in [0.2, 0.25) is 0 Å². The second kappa shape index (κ2) is 11.1. The molecule has 0 bridgehead atoms. The van der Waals surface area contributed by atoms with E-state index in [-0.39, 0.29) is 47.6 Å². The van der Waals surface area contributed by atoms with Crippen LogP contribution in [0.1, 0.15) is 61.3 Å². The molecular formula is C17H33O2U-. The number of rotatable bonds is 6. The monoisotopic (exact) mass is 507 g/mol. The van der Waals surface area contributed by atoms with Gasteiger partial charge in [-0.1, -0.05) is 46.1 Å². The van der Waals surface area contributed by atoms with Crippen molar-refractivity contribution in [3.8, 4) is 11.8 Å². The smallest absolute Gasteiger partial charge is 0.122 e. The Morgan fingerprint density at radius 1 is 0.950 bits per heavy atom. The number of hydrogen-bond acceptors (Lipinski definition) is 1. The molecule has 118 valence electrons. The Morgan fingerprint density at radius 3 is 1.75 bits per heavy atom. The van der Waals surface area contributed by atoms with Crippen LogP contribution in [-0.2, 0) is 4.74 Å². The fourth-order valence-corrected chi connectivity index (χ4v) is 2.52. The van der Waals surface area contributed by atoms with E-state index in [1.807, 2.05) is 0 Å². The zero-order valence-corrected chi connectivity index (χ0v) is 18.6.